The Labute approximate surface area is 123 Å². The molecule has 0 saturated heterocycles. The number of methoxy groups -OCH3 is 1. The highest BCUT2D eigenvalue weighted by molar-refractivity contribution is 7.23. The molecular formula is C15H11N3O2S. The second-order valence-corrected chi connectivity index (χ2v) is 5.48. The molecule has 0 radical (unpaired) electrons. The number of fused-ring (bicyclic) bond motifs is 3. The minimum absolute atomic E-state index is 0.465. The van der Waals surface area contributed by atoms with Gasteiger partial charge in [-0.1, -0.05) is 29.5 Å². The van der Waals surface area contributed by atoms with Crippen molar-refractivity contribution < 1.29 is 9.26 Å². The summed E-state index contributed by atoms with van der Waals surface area (Å²) in [4.78, 5) is 5.27. The van der Waals surface area contributed by atoms with Gasteiger partial charge in [0.15, 0.2) is 0 Å². The number of hydrogen-bond acceptors (Lipinski definition) is 5. The first kappa shape index (κ1) is 12.2. The van der Waals surface area contributed by atoms with E-state index < -0.39 is 0 Å². The summed E-state index contributed by atoms with van der Waals surface area (Å²) in [5.74, 6) is 0.825. The van der Waals surface area contributed by atoms with Crippen molar-refractivity contribution >= 4 is 32.2 Å². The van der Waals surface area contributed by atoms with E-state index in [1.165, 1.54) is 0 Å². The van der Waals surface area contributed by atoms with Gasteiger partial charge in [0.25, 0.3) is 0 Å². The van der Waals surface area contributed by atoms with Crippen LogP contribution in [0, 0.1) is 0 Å². The van der Waals surface area contributed by atoms with E-state index in [2.05, 4.69) is 10.1 Å². The van der Waals surface area contributed by atoms with Gasteiger partial charge in [-0.25, -0.2) is 4.40 Å². The van der Waals surface area contributed by atoms with E-state index in [0.717, 1.165) is 26.6 Å². The van der Waals surface area contributed by atoms with Gasteiger partial charge in [0, 0.05) is 0 Å². The molecule has 104 valence electrons. The average molecular weight is 297 g/mol. The molecule has 0 aliphatic rings. The van der Waals surface area contributed by atoms with Crippen LogP contribution in [0.4, 0.5) is 5.69 Å². The highest BCUT2D eigenvalue weighted by atomic mass is 32.1. The minimum Gasteiger partial charge on any atom is -0.497 e. The zero-order valence-corrected chi connectivity index (χ0v) is 12.0. The third-order valence-corrected chi connectivity index (χ3v) is 4.16. The van der Waals surface area contributed by atoms with Gasteiger partial charge in [0.1, 0.15) is 5.75 Å². The van der Waals surface area contributed by atoms with Crippen LogP contribution in [-0.2, 0) is 0 Å². The molecule has 0 fully saturated rings. The van der Waals surface area contributed by atoms with Gasteiger partial charge in [-0.3, -0.25) is 0 Å². The Hall–Kier alpha value is -2.60. The fraction of sp³-hybridized carbons (Fsp3) is 0.0667. The van der Waals surface area contributed by atoms with Crippen LogP contribution in [0.15, 0.2) is 58.0 Å². The lowest BCUT2D eigenvalue weighted by atomic mass is 10.3. The van der Waals surface area contributed by atoms with Gasteiger partial charge >= 0.3 is 5.68 Å². The average Bonchev–Trinajstić information content (AvgIpc) is 3.07. The van der Waals surface area contributed by atoms with Gasteiger partial charge in [0.2, 0.25) is 4.96 Å². The Morgan fingerprint density at radius 2 is 2.05 bits per heavy atom. The van der Waals surface area contributed by atoms with Crippen LogP contribution in [0.2, 0.25) is 0 Å². The van der Waals surface area contributed by atoms with Crippen molar-refractivity contribution in [1.29, 1.82) is 0 Å². The van der Waals surface area contributed by atoms with E-state index in [0.29, 0.717) is 5.68 Å². The molecule has 0 N–H and O–H groups in total. The lowest BCUT2D eigenvalue weighted by molar-refractivity contribution is 0.378. The van der Waals surface area contributed by atoms with Gasteiger partial charge in [-0.05, 0) is 35.5 Å². The molecule has 0 atom stereocenters. The number of hydrogen-bond donors (Lipinski definition) is 0. The second-order valence-electron chi connectivity index (χ2n) is 4.47. The van der Waals surface area contributed by atoms with Crippen molar-refractivity contribution in [2.75, 3.05) is 7.11 Å². The fourth-order valence-corrected chi connectivity index (χ4v) is 3.16. The highest BCUT2D eigenvalue weighted by Gasteiger charge is 2.10. The van der Waals surface area contributed by atoms with Crippen LogP contribution in [0.3, 0.4) is 0 Å². The molecule has 0 bridgehead atoms. The summed E-state index contributed by atoms with van der Waals surface area (Å²) < 4.78 is 13.6. The zero-order valence-electron chi connectivity index (χ0n) is 11.2. The summed E-state index contributed by atoms with van der Waals surface area (Å²) in [7, 11) is 1.66. The predicted octanol–water partition coefficient (Wildman–Crippen LogP) is 3.38. The summed E-state index contributed by atoms with van der Waals surface area (Å²) in [6.45, 7) is 0. The molecule has 0 aliphatic carbocycles. The molecule has 2 aromatic heterocycles. The van der Waals surface area contributed by atoms with Crippen molar-refractivity contribution in [3.05, 3.63) is 54.2 Å². The highest BCUT2D eigenvalue weighted by Crippen LogP contribution is 2.27. The molecule has 0 aliphatic heterocycles. The molecule has 0 saturated carbocycles. The van der Waals surface area contributed by atoms with Crippen molar-refractivity contribution in [3.8, 4) is 5.75 Å². The number of ether oxygens (including phenoxy) is 1. The normalized spacial score (nSPS) is 12.3. The third-order valence-electron chi connectivity index (χ3n) is 3.18. The van der Waals surface area contributed by atoms with Crippen molar-refractivity contribution in [2.24, 2.45) is 4.99 Å². The minimum atomic E-state index is 0.465. The van der Waals surface area contributed by atoms with Crippen LogP contribution in [0.25, 0.3) is 15.2 Å². The van der Waals surface area contributed by atoms with Crippen LogP contribution in [-0.4, -0.2) is 16.7 Å². The molecule has 2 aromatic carbocycles. The summed E-state index contributed by atoms with van der Waals surface area (Å²) in [6.07, 6.45) is 0. The number of para-hydroxylation sites is 1. The maximum Gasteiger partial charge on any atom is 0.333 e. The van der Waals surface area contributed by atoms with Crippen LogP contribution in [0.1, 0.15) is 0 Å². The monoisotopic (exact) mass is 297 g/mol. The zero-order chi connectivity index (χ0) is 14.2. The number of aromatic nitrogens is 2. The first-order chi connectivity index (χ1) is 10.3. The number of benzene rings is 2. The van der Waals surface area contributed by atoms with Gasteiger partial charge in [0.05, 0.1) is 23.0 Å². The van der Waals surface area contributed by atoms with Crippen LogP contribution < -0.4 is 10.4 Å². The smallest absolute Gasteiger partial charge is 0.333 e. The first-order valence-electron chi connectivity index (χ1n) is 6.40. The Bertz CT molecular complexity index is 982. The number of nitrogens with zero attached hydrogens (tertiary/aromatic N) is 3. The largest absolute Gasteiger partial charge is 0.497 e. The maximum absolute atomic E-state index is 5.35. The predicted molar refractivity (Wildman–Crippen MR) is 81.1 cm³/mol. The van der Waals surface area contributed by atoms with Gasteiger partial charge in [-0.15, -0.1) is 0 Å². The summed E-state index contributed by atoms with van der Waals surface area (Å²) in [6, 6.07) is 15.6. The second kappa shape index (κ2) is 4.75. The van der Waals surface area contributed by atoms with Gasteiger partial charge in [-0.2, -0.15) is 4.99 Å². The fourth-order valence-electron chi connectivity index (χ4n) is 2.18. The van der Waals surface area contributed by atoms with E-state index in [9.17, 15) is 0 Å². The first-order valence-corrected chi connectivity index (χ1v) is 7.21. The third kappa shape index (κ3) is 2.00. The Kier molecular flexibility index (Phi) is 2.75. The SMILES string of the molecule is COc1ccc2c(c1)sc1noc(=Nc3ccccc3)n12. The van der Waals surface area contributed by atoms with E-state index >= 15 is 0 Å². The molecule has 2 heterocycles. The van der Waals surface area contributed by atoms with Crippen LogP contribution in [0.5, 0.6) is 5.75 Å². The van der Waals surface area contributed by atoms with Crippen molar-refractivity contribution in [1.82, 2.24) is 9.56 Å². The summed E-state index contributed by atoms with van der Waals surface area (Å²) >= 11 is 1.54. The molecule has 6 heteroatoms. The Morgan fingerprint density at radius 1 is 1.19 bits per heavy atom. The Morgan fingerprint density at radius 3 is 2.86 bits per heavy atom. The topological polar surface area (TPSA) is 52.0 Å². The van der Waals surface area contributed by atoms with E-state index in [4.69, 9.17) is 9.26 Å². The molecule has 4 rings (SSSR count). The molecule has 5 nitrogen and oxygen atoms in total. The van der Waals surface area contributed by atoms with E-state index in [1.807, 2.05) is 52.9 Å². The molecule has 4 aromatic rings. The van der Waals surface area contributed by atoms with E-state index in [1.54, 1.807) is 18.4 Å². The molecular weight excluding hydrogens is 286 g/mol. The number of thiazole rings is 1. The van der Waals surface area contributed by atoms with Crippen LogP contribution >= 0.6 is 11.3 Å². The van der Waals surface area contributed by atoms with Crippen molar-refractivity contribution in [3.63, 3.8) is 0 Å². The number of rotatable bonds is 2. The summed E-state index contributed by atoms with van der Waals surface area (Å²) in [5, 5.41) is 4.08. The summed E-state index contributed by atoms with van der Waals surface area (Å²) in [5.41, 5.74) is 2.30. The molecule has 0 spiro atoms. The standard InChI is InChI=1S/C15H11N3O2S/c1-19-11-7-8-12-13(9-11)21-15-17-20-14(18(12)15)16-10-5-3-2-4-6-10/h2-9H,1H3. The van der Waals surface area contributed by atoms with Gasteiger partial charge < -0.3 is 9.26 Å². The quantitative estimate of drug-likeness (QED) is 0.570. The lowest BCUT2D eigenvalue weighted by Gasteiger charge is -1.97. The maximum atomic E-state index is 5.35. The van der Waals surface area contributed by atoms with Crippen molar-refractivity contribution in [2.45, 2.75) is 0 Å². The molecule has 0 amide bonds. The molecule has 21 heavy (non-hydrogen) atoms. The lowest BCUT2D eigenvalue weighted by Crippen LogP contribution is -2.06. The van der Waals surface area contributed by atoms with E-state index in [-0.39, 0.29) is 0 Å². The Balaban J connectivity index is 2.01. The molecule has 0 unspecified atom stereocenters.